The molecule has 0 spiro atoms. The molecule has 0 atom stereocenters. The highest BCUT2D eigenvalue weighted by Crippen LogP contribution is 2.34. The Balaban J connectivity index is 1.94. The van der Waals surface area contributed by atoms with Crippen LogP contribution in [-0.2, 0) is 24.2 Å². The van der Waals surface area contributed by atoms with Gasteiger partial charge in [0, 0.05) is 18.0 Å². The highest BCUT2D eigenvalue weighted by molar-refractivity contribution is 7.99. The largest absolute Gasteiger partial charge is 0.352 e. The van der Waals surface area contributed by atoms with Crippen LogP contribution in [0.1, 0.15) is 49.5 Å². The summed E-state index contributed by atoms with van der Waals surface area (Å²) in [6.45, 7) is 6.87. The number of aryl methyl sites for hydroxylation is 2. The fourth-order valence-electron chi connectivity index (χ4n) is 3.41. The molecule has 1 amide bonds. The number of fused-ring (bicyclic) bond motifs is 3. The highest BCUT2D eigenvalue weighted by atomic mass is 32.2. The summed E-state index contributed by atoms with van der Waals surface area (Å²) in [6, 6.07) is 0. The van der Waals surface area contributed by atoms with E-state index in [1.807, 2.05) is 0 Å². The molecule has 2 aromatic heterocycles. The van der Waals surface area contributed by atoms with Gasteiger partial charge in [-0.1, -0.05) is 37.6 Å². The fraction of sp³-hybridized carbons (Fsp3) is 0.550. The molecule has 2 aromatic rings. The van der Waals surface area contributed by atoms with Gasteiger partial charge in [0.05, 0.1) is 11.1 Å². The van der Waals surface area contributed by atoms with Crippen molar-refractivity contribution in [1.82, 2.24) is 14.9 Å². The third-order valence-electron chi connectivity index (χ3n) is 4.80. The van der Waals surface area contributed by atoms with Gasteiger partial charge < -0.3 is 5.32 Å². The molecule has 0 unspecified atom stereocenters. The Kier molecular flexibility index (Phi) is 7.13. The first-order valence-electron chi connectivity index (χ1n) is 9.71. The van der Waals surface area contributed by atoms with E-state index in [1.54, 1.807) is 22.0 Å². The number of rotatable bonds is 9. The van der Waals surface area contributed by atoms with Crippen molar-refractivity contribution < 1.29 is 4.79 Å². The van der Waals surface area contributed by atoms with Crippen molar-refractivity contribution in [2.75, 3.05) is 12.3 Å². The number of thioether (sulfide) groups is 1. The molecule has 27 heavy (non-hydrogen) atoms. The second kappa shape index (κ2) is 9.55. The van der Waals surface area contributed by atoms with E-state index in [2.05, 4.69) is 18.8 Å². The van der Waals surface area contributed by atoms with E-state index in [0.717, 1.165) is 48.7 Å². The van der Waals surface area contributed by atoms with E-state index in [-0.39, 0.29) is 17.2 Å². The van der Waals surface area contributed by atoms with Gasteiger partial charge >= 0.3 is 0 Å². The van der Waals surface area contributed by atoms with Gasteiger partial charge in [-0.3, -0.25) is 14.2 Å². The van der Waals surface area contributed by atoms with Crippen LogP contribution in [-0.4, -0.2) is 27.8 Å². The number of carbonyl (C=O) groups is 1. The summed E-state index contributed by atoms with van der Waals surface area (Å²) in [7, 11) is 0. The maximum absolute atomic E-state index is 13.3. The van der Waals surface area contributed by atoms with Crippen LogP contribution in [0, 0.1) is 0 Å². The Bertz CT molecular complexity index is 885. The molecule has 0 aliphatic heterocycles. The molecule has 0 radical (unpaired) electrons. The van der Waals surface area contributed by atoms with Crippen LogP contribution in [0.4, 0.5) is 0 Å². The van der Waals surface area contributed by atoms with Crippen molar-refractivity contribution in [3.05, 3.63) is 33.4 Å². The molecule has 5 nitrogen and oxygen atoms in total. The number of nitrogens with one attached hydrogen (secondary N) is 1. The van der Waals surface area contributed by atoms with Gasteiger partial charge in [-0.2, -0.15) is 0 Å². The van der Waals surface area contributed by atoms with Crippen LogP contribution < -0.4 is 10.9 Å². The molecule has 0 bridgehead atoms. The zero-order valence-electron chi connectivity index (χ0n) is 15.9. The van der Waals surface area contributed by atoms with Gasteiger partial charge in [-0.15, -0.1) is 17.9 Å². The maximum atomic E-state index is 13.3. The van der Waals surface area contributed by atoms with Gasteiger partial charge in [0.25, 0.3) is 5.56 Å². The lowest BCUT2D eigenvalue weighted by atomic mass is 9.97. The van der Waals surface area contributed by atoms with Crippen molar-refractivity contribution in [3.63, 3.8) is 0 Å². The van der Waals surface area contributed by atoms with Crippen molar-refractivity contribution in [1.29, 1.82) is 0 Å². The monoisotopic (exact) mass is 405 g/mol. The topological polar surface area (TPSA) is 64.0 Å². The molecule has 146 valence electrons. The van der Waals surface area contributed by atoms with Crippen LogP contribution in [0.5, 0.6) is 0 Å². The molecule has 1 aliphatic rings. The Hall–Kier alpha value is -1.60. The molecule has 0 aromatic carbocycles. The maximum Gasteiger partial charge on any atom is 0.263 e. The first kappa shape index (κ1) is 20.1. The smallest absolute Gasteiger partial charge is 0.263 e. The Morgan fingerprint density at radius 2 is 2.19 bits per heavy atom. The van der Waals surface area contributed by atoms with E-state index < -0.39 is 0 Å². The lowest BCUT2D eigenvalue weighted by Crippen LogP contribution is -2.27. The zero-order chi connectivity index (χ0) is 19.2. The second-order valence-corrected chi connectivity index (χ2v) is 8.86. The average molecular weight is 406 g/mol. The first-order valence-corrected chi connectivity index (χ1v) is 11.5. The van der Waals surface area contributed by atoms with Crippen molar-refractivity contribution >= 4 is 39.2 Å². The number of unbranched alkanes of at least 4 members (excludes halogenated alkanes) is 2. The molecule has 0 saturated heterocycles. The third-order valence-corrected chi connectivity index (χ3v) is 6.96. The summed E-state index contributed by atoms with van der Waals surface area (Å²) < 4.78 is 1.80. The zero-order valence-corrected chi connectivity index (χ0v) is 17.5. The second-order valence-electron chi connectivity index (χ2n) is 6.83. The number of carbonyl (C=O) groups excluding carboxylic acids is 1. The molecule has 2 heterocycles. The lowest BCUT2D eigenvalue weighted by molar-refractivity contribution is -0.118. The summed E-state index contributed by atoms with van der Waals surface area (Å²) in [6.07, 6.45) is 9.16. The molecule has 3 rings (SSSR count). The minimum Gasteiger partial charge on any atom is -0.352 e. The Morgan fingerprint density at radius 1 is 1.37 bits per heavy atom. The van der Waals surface area contributed by atoms with Crippen LogP contribution in [0.3, 0.4) is 0 Å². The summed E-state index contributed by atoms with van der Waals surface area (Å²) in [5, 5.41) is 4.26. The minimum atomic E-state index is -0.0696. The minimum absolute atomic E-state index is 0.0696. The predicted octanol–water partition coefficient (Wildman–Crippen LogP) is 3.92. The van der Waals surface area contributed by atoms with Crippen LogP contribution in [0.15, 0.2) is 22.6 Å². The predicted molar refractivity (Wildman–Crippen MR) is 114 cm³/mol. The number of nitrogens with zero attached hydrogens (tertiary/aromatic N) is 2. The SMILES string of the molecule is C=CCNC(=O)CSc1nc2sc3c(c2c(=O)n1CCCCC)CCCC3. The van der Waals surface area contributed by atoms with Crippen molar-refractivity contribution in [2.45, 2.75) is 63.6 Å². The van der Waals surface area contributed by atoms with E-state index in [4.69, 9.17) is 4.98 Å². The molecular weight excluding hydrogens is 378 g/mol. The number of amides is 1. The molecule has 1 N–H and O–H groups in total. The molecule has 1 aliphatic carbocycles. The van der Waals surface area contributed by atoms with Gasteiger partial charge in [0.15, 0.2) is 5.16 Å². The van der Waals surface area contributed by atoms with Crippen LogP contribution in [0.2, 0.25) is 0 Å². The molecule has 7 heteroatoms. The first-order chi connectivity index (χ1) is 13.2. The third kappa shape index (κ3) is 4.63. The van der Waals surface area contributed by atoms with E-state index in [0.29, 0.717) is 18.2 Å². The summed E-state index contributed by atoms with van der Waals surface area (Å²) in [5.41, 5.74) is 1.30. The average Bonchev–Trinajstić information content (AvgIpc) is 3.05. The van der Waals surface area contributed by atoms with Crippen LogP contribution >= 0.6 is 23.1 Å². The Morgan fingerprint density at radius 3 is 2.96 bits per heavy atom. The van der Waals surface area contributed by atoms with Gasteiger partial charge in [0.2, 0.25) is 5.91 Å². The fourth-order valence-corrected chi connectivity index (χ4v) is 5.57. The van der Waals surface area contributed by atoms with Crippen LogP contribution in [0.25, 0.3) is 10.2 Å². The summed E-state index contributed by atoms with van der Waals surface area (Å²) in [4.78, 5) is 32.2. The van der Waals surface area contributed by atoms with Crippen molar-refractivity contribution in [3.8, 4) is 0 Å². The van der Waals surface area contributed by atoms with Gasteiger partial charge in [-0.05, 0) is 37.7 Å². The molecular formula is C20H27N3O2S2. The molecule has 0 fully saturated rings. The normalized spacial score (nSPS) is 13.5. The number of thiophene rings is 1. The lowest BCUT2D eigenvalue weighted by Gasteiger charge is -2.13. The molecule has 0 saturated carbocycles. The summed E-state index contributed by atoms with van der Waals surface area (Å²) in [5.74, 6) is 0.185. The van der Waals surface area contributed by atoms with Gasteiger partial charge in [-0.25, -0.2) is 4.98 Å². The summed E-state index contributed by atoms with van der Waals surface area (Å²) >= 11 is 3.01. The van der Waals surface area contributed by atoms with E-state index in [1.165, 1.54) is 28.6 Å². The number of hydrogen-bond donors (Lipinski definition) is 1. The number of aromatic nitrogens is 2. The van der Waals surface area contributed by atoms with Gasteiger partial charge in [0.1, 0.15) is 4.83 Å². The number of hydrogen-bond acceptors (Lipinski definition) is 5. The van der Waals surface area contributed by atoms with E-state index >= 15 is 0 Å². The quantitative estimate of drug-likeness (QED) is 0.297. The Labute approximate surface area is 168 Å². The highest BCUT2D eigenvalue weighted by Gasteiger charge is 2.22. The van der Waals surface area contributed by atoms with E-state index in [9.17, 15) is 9.59 Å². The van der Waals surface area contributed by atoms with Crippen molar-refractivity contribution in [2.24, 2.45) is 0 Å². The standard InChI is InChI=1S/C20H27N3O2S2/c1-3-5-8-12-23-19(25)17-14-9-6-7-10-15(14)27-18(17)22-20(23)26-13-16(24)21-11-4-2/h4H,2-3,5-13H2,1H3,(H,21,24).